The van der Waals surface area contributed by atoms with Gasteiger partial charge >= 0.3 is 11.9 Å². The molecule has 164 valence electrons. The van der Waals surface area contributed by atoms with Gasteiger partial charge in [0, 0.05) is 19.4 Å². The lowest BCUT2D eigenvalue weighted by Crippen LogP contribution is -2.36. The summed E-state index contributed by atoms with van der Waals surface area (Å²) in [7, 11) is 0. The molecular weight excluding hydrogens is 358 g/mol. The van der Waals surface area contributed by atoms with Crippen molar-refractivity contribution in [3.05, 3.63) is 0 Å². The van der Waals surface area contributed by atoms with E-state index in [2.05, 4.69) is 13.8 Å². The van der Waals surface area contributed by atoms with E-state index in [0.717, 1.165) is 38.0 Å². The zero-order valence-electron chi connectivity index (χ0n) is 17.9. The number of nitrogens with zero attached hydrogens (tertiary/aromatic N) is 1. The number of carboxylic acid groups (broad SMARTS) is 1. The van der Waals surface area contributed by atoms with Crippen LogP contribution in [-0.2, 0) is 14.3 Å². The third-order valence-electron chi connectivity index (χ3n) is 5.43. The van der Waals surface area contributed by atoms with Gasteiger partial charge in [-0.1, -0.05) is 58.8 Å². The molecule has 0 spiro atoms. The Morgan fingerprint density at radius 3 is 2.32 bits per heavy atom. The maximum atomic E-state index is 11.7. The van der Waals surface area contributed by atoms with Crippen LogP contribution in [0.5, 0.6) is 0 Å². The van der Waals surface area contributed by atoms with Crippen molar-refractivity contribution in [1.29, 1.82) is 0 Å². The van der Waals surface area contributed by atoms with Gasteiger partial charge in [0.25, 0.3) is 0 Å². The van der Waals surface area contributed by atoms with Crippen molar-refractivity contribution in [1.82, 2.24) is 4.90 Å². The largest absolute Gasteiger partial charge is 0.480 e. The number of aliphatic hydroxyl groups excluding tert-OH is 1. The molecule has 1 fully saturated rings. The van der Waals surface area contributed by atoms with Crippen LogP contribution in [0.25, 0.3) is 0 Å². The normalized spacial score (nSPS) is 20.0. The predicted molar refractivity (Wildman–Crippen MR) is 110 cm³/mol. The van der Waals surface area contributed by atoms with Gasteiger partial charge in [0.2, 0.25) is 0 Å². The molecule has 1 saturated heterocycles. The number of carbonyl (C=O) groups is 2. The highest BCUT2D eigenvalue weighted by atomic mass is 16.5. The van der Waals surface area contributed by atoms with Gasteiger partial charge in [0.05, 0.1) is 12.7 Å². The van der Waals surface area contributed by atoms with Crippen LogP contribution in [-0.4, -0.2) is 58.9 Å². The smallest absolute Gasteiger partial charge is 0.321 e. The molecule has 0 amide bonds. The lowest BCUT2D eigenvalue weighted by atomic mass is 10.0. The molecule has 0 aromatic heterocycles. The topological polar surface area (TPSA) is 87.1 Å². The third-order valence-corrected chi connectivity index (χ3v) is 5.43. The van der Waals surface area contributed by atoms with Gasteiger partial charge < -0.3 is 14.9 Å². The lowest BCUT2D eigenvalue weighted by molar-refractivity contribution is -0.144. The number of β-amino-alcohol motifs (C(OH)–C–C–N with tert-alkyl or cyclic N) is 1. The molecule has 0 radical (unpaired) electrons. The Balaban J connectivity index is 1.91. The van der Waals surface area contributed by atoms with Crippen LogP contribution in [0.3, 0.4) is 0 Å². The van der Waals surface area contributed by atoms with Crippen LogP contribution in [0.1, 0.15) is 90.9 Å². The molecular formula is C22H41NO5. The van der Waals surface area contributed by atoms with E-state index in [1.807, 2.05) is 4.90 Å². The molecule has 1 rings (SSSR count). The Kier molecular flexibility index (Phi) is 13.2. The van der Waals surface area contributed by atoms with Crippen LogP contribution in [0.4, 0.5) is 0 Å². The summed E-state index contributed by atoms with van der Waals surface area (Å²) < 4.78 is 5.28. The van der Waals surface area contributed by atoms with Crippen molar-refractivity contribution < 1.29 is 24.5 Å². The average molecular weight is 400 g/mol. The minimum absolute atomic E-state index is 0.128. The monoisotopic (exact) mass is 399 g/mol. The highest BCUT2D eigenvalue weighted by molar-refractivity contribution is 5.74. The van der Waals surface area contributed by atoms with Crippen molar-refractivity contribution in [2.75, 3.05) is 19.7 Å². The van der Waals surface area contributed by atoms with E-state index < -0.39 is 18.1 Å². The molecule has 28 heavy (non-hydrogen) atoms. The van der Waals surface area contributed by atoms with Crippen molar-refractivity contribution in [3.8, 4) is 0 Å². The summed E-state index contributed by atoms with van der Waals surface area (Å²) >= 11 is 0. The first-order chi connectivity index (χ1) is 13.4. The number of hydrogen-bond donors (Lipinski definition) is 2. The number of unbranched alkanes of at least 4 members (excludes halogenated alkanes) is 7. The zero-order valence-corrected chi connectivity index (χ0v) is 17.9. The van der Waals surface area contributed by atoms with E-state index in [-0.39, 0.29) is 5.97 Å². The Morgan fingerprint density at radius 1 is 1.00 bits per heavy atom. The van der Waals surface area contributed by atoms with Crippen LogP contribution in [0.2, 0.25) is 0 Å². The van der Waals surface area contributed by atoms with Crippen molar-refractivity contribution >= 4 is 11.9 Å². The quantitative estimate of drug-likeness (QED) is 0.301. The van der Waals surface area contributed by atoms with Crippen LogP contribution in [0, 0.1) is 5.92 Å². The van der Waals surface area contributed by atoms with Crippen LogP contribution < -0.4 is 0 Å². The van der Waals surface area contributed by atoms with E-state index in [1.165, 1.54) is 32.1 Å². The second kappa shape index (κ2) is 14.8. The van der Waals surface area contributed by atoms with Gasteiger partial charge in [-0.2, -0.15) is 0 Å². The Morgan fingerprint density at radius 2 is 1.64 bits per heavy atom. The molecule has 2 atom stereocenters. The lowest BCUT2D eigenvalue weighted by Gasteiger charge is -2.20. The predicted octanol–water partition coefficient (Wildman–Crippen LogP) is 4.00. The van der Waals surface area contributed by atoms with E-state index in [9.17, 15) is 14.7 Å². The second-order valence-electron chi connectivity index (χ2n) is 8.57. The maximum absolute atomic E-state index is 11.7. The molecule has 1 heterocycles. The summed E-state index contributed by atoms with van der Waals surface area (Å²) in [5, 5.41) is 18.8. The Bertz CT molecular complexity index is 441. The van der Waals surface area contributed by atoms with Gasteiger partial charge in [-0.05, 0) is 31.7 Å². The van der Waals surface area contributed by atoms with E-state index in [4.69, 9.17) is 9.84 Å². The fourth-order valence-corrected chi connectivity index (χ4v) is 3.76. The molecule has 6 nitrogen and oxygen atoms in total. The van der Waals surface area contributed by atoms with Crippen molar-refractivity contribution in [2.24, 2.45) is 5.92 Å². The van der Waals surface area contributed by atoms with Crippen LogP contribution >= 0.6 is 0 Å². The summed E-state index contributed by atoms with van der Waals surface area (Å²) in [6.07, 6.45) is 11.2. The number of aliphatic carboxylic acids is 1. The number of carboxylic acids is 1. The van der Waals surface area contributed by atoms with Gasteiger partial charge in [0.15, 0.2) is 0 Å². The number of carbonyl (C=O) groups excluding carboxylic acids is 1. The summed E-state index contributed by atoms with van der Waals surface area (Å²) in [6, 6.07) is -0.574. The summed E-state index contributed by atoms with van der Waals surface area (Å²) in [5.74, 6) is -0.193. The summed E-state index contributed by atoms with van der Waals surface area (Å²) in [5.41, 5.74) is 0. The average Bonchev–Trinajstić information content (AvgIpc) is 3.00. The maximum Gasteiger partial charge on any atom is 0.321 e. The second-order valence-corrected chi connectivity index (χ2v) is 8.57. The van der Waals surface area contributed by atoms with Crippen molar-refractivity contribution in [3.63, 3.8) is 0 Å². The number of hydrogen-bond acceptors (Lipinski definition) is 5. The zero-order chi connectivity index (χ0) is 20.8. The highest BCUT2D eigenvalue weighted by Crippen LogP contribution is 2.19. The molecule has 0 aliphatic carbocycles. The minimum atomic E-state index is -0.865. The first-order valence-electron chi connectivity index (χ1n) is 11.2. The molecule has 0 bridgehead atoms. The number of aliphatic hydroxyl groups is 1. The summed E-state index contributed by atoms with van der Waals surface area (Å²) in [6.45, 7) is 6.14. The van der Waals surface area contributed by atoms with E-state index in [0.29, 0.717) is 32.5 Å². The minimum Gasteiger partial charge on any atom is -0.480 e. The Hall–Kier alpha value is -1.14. The van der Waals surface area contributed by atoms with Gasteiger partial charge in [-0.15, -0.1) is 0 Å². The molecule has 2 N–H and O–H groups in total. The SMILES string of the molecule is CC(C)CCCCCCCCOC(=O)CCCCCN1CC(O)C[C@H]1C(=O)O. The number of likely N-dealkylation sites (tertiary alicyclic amines) is 1. The fraction of sp³-hybridized carbons (Fsp3) is 0.909. The molecule has 0 aromatic rings. The number of ether oxygens (including phenoxy) is 1. The number of rotatable bonds is 16. The summed E-state index contributed by atoms with van der Waals surface area (Å²) in [4.78, 5) is 24.7. The highest BCUT2D eigenvalue weighted by Gasteiger charge is 2.35. The van der Waals surface area contributed by atoms with Gasteiger partial charge in [-0.25, -0.2) is 0 Å². The van der Waals surface area contributed by atoms with Crippen LogP contribution in [0.15, 0.2) is 0 Å². The Labute approximate surface area is 170 Å². The standard InChI is InChI=1S/C22H41NO5/c1-18(2)12-8-5-3-4-6-11-15-28-21(25)13-9-7-10-14-23-17-19(24)16-20(23)22(26)27/h18-20,24H,3-17H2,1-2H3,(H,26,27)/t19?,20-/m0/s1. The first-order valence-corrected chi connectivity index (χ1v) is 11.2. The number of esters is 1. The third kappa shape index (κ3) is 11.6. The van der Waals surface area contributed by atoms with E-state index in [1.54, 1.807) is 0 Å². The molecule has 1 aliphatic rings. The molecule has 1 unspecified atom stereocenters. The fourth-order valence-electron chi connectivity index (χ4n) is 3.76. The molecule has 6 heteroatoms. The van der Waals surface area contributed by atoms with Crippen molar-refractivity contribution in [2.45, 2.75) is 103 Å². The van der Waals surface area contributed by atoms with Gasteiger partial charge in [-0.3, -0.25) is 14.5 Å². The molecule has 0 saturated carbocycles. The molecule has 1 aliphatic heterocycles. The van der Waals surface area contributed by atoms with Gasteiger partial charge in [0.1, 0.15) is 6.04 Å². The first kappa shape index (κ1) is 24.9. The molecule has 0 aromatic carbocycles. The van der Waals surface area contributed by atoms with E-state index >= 15 is 0 Å².